The molecule has 4 heteroatoms. The largest absolute Gasteiger partial charge is 0.457 e. The number of nitrogens with one attached hydrogen (secondary N) is 1. The Hall–Kier alpha value is -2.33. The molecule has 1 saturated heterocycles. The molecule has 0 spiro atoms. The van der Waals surface area contributed by atoms with E-state index in [1.165, 1.54) is 0 Å². The molecule has 114 valence electrons. The molecule has 0 aliphatic carbocycles. The van der Waals surface area contributed by atoms with Gasteiger partial charge in [0, 0.05) is 31.2 Å². The predicted octanol–water partition coefficient (Wildman–Crippen LogP) is 2.91. The Labute approximate surface area is 130 Å². The zero-order valence-corrected chi connectivity index (χ0v) is 12.7. The molecule has 4 nitrogen and oxygen atoms in total. The maximum absolute atomic E-state index is 12.5. The Bertz CT molecular complexity index is 625. The first-order valence-electron chi connectivity index (χ1n) is 7.59. The minimum absolute atomic E-state index is 0.0836. The number of piperazine rings is 1. The molecule has 1 aliphatic rings. The molecule has 3 rings (SSSR count). The quantitative estimate of drug-likeness (QED) is 0.947. The van der Waals surface area contributed by atoms with Crippen LogP contribution in [0.25, 0.3) is 0 Å². The molecule has 22 heavy (non-hydrogen) atoms. The van der Waals surface area contributed by atoms with Gasteiger partial charge in [-0.15, -0.1) is 0 Å². The van der Waals surface area contributed by atoms with E-state index in [0.717, 1.165) is 31.1 Å². The summed E-state index contributed by atoms with van der Waals surface area (Å²) in [5, 5.41) is 3.29. The lowest BCUT2D eigenvalue weighted by Gasteiger charge is -2.34. The number of hydrogen-bond donors (Lipinski definition) is 1. The summed E-state index contributed by atoms with van der Waals surface area (Å²) in [4.78, 5) is 14.5. The van der Waals surface area contributed by atoms with Gasteiger partial charge >= 0.3 is 0 Å². The summed E-state index contributed by atoms with van der Waals surface area (Å²) >= 11 is 0. The van der Waals surface area contributed by atoms with Gasteiger partial charge in [0.1, 0.15) is 11.5 Å². The topological polar surface area (TPSA) is 41.6 Å². The molecule has 2 aromatic carbocycles. The molecule has 1 amide bonds. The molecule has 1 aliphatic heterocycles. The normalized spacial score (nSPS) is 18.0. The zero-order chi connectivity index (χ0) is 15.4. The van der Waals surface area contributed by atoms with Crippen LogP contribution in [0.15, 0.2) is 54.6 Å². The Morgan fingerprint density at radius 1 is 1.09 bits per heavy atom. The van der Waals surface area contributed by atoms with Gasteiger partial charge in [-0.25, -0.2) is 0 Å². The highest BCUT2D eigenvalue weighted by Crippen LogP contribution is 2.22. The second-order valence-electron chi connectivity index (χ2n) is 5.49. The Balaban J connectivity index is 1.69. The lowest BCUT2D eigenvalue weighted by atomic mass is 10.1. The molecule has 0 unspecified atom stereocenters. The second-order valence-corrected chi connectivity index (χ2v) is 5.49. The van der Waals surface area contributed by atoms with E-state index >= 15 is 0 Å². The van der Waals surface area contributed by atoms with Gasteiger partial charge in [-0.2, -0.15) is 0 Å². The van der Waals surface area contributed by atoms with Crippen molar-refractivity contribution in [1.82, 2.24) is 10.2 Å². The summed E-state index contributed by atoms with van der Waals surface area (Å²) in [7, 11) is 0. The SMILES string of the molecule is C[C@@H]1CNCCN1C(=O)c1ccc(Oc2ccccc2)cc1. The smallest absolute Gasteiger partial charge is 0.254 e. The average Bonchev–Trinajstić information content (AvgIpc) is 2.56. The minimum Gasteiger partial charge on any atom is -0.457 e. The van der Waals surface area contributed by atoms with Crippen LogP contribution >= 0.6 is 0 Å². The maximum Gasteiger partial charge on any atom is 0.254 e. The van der Waals surface area contributed by atoms with Crippen molar-refractivity contribution >= 4 is 5.91 Å². The number of rotatable bonds is 3. The molecule has 1 atom stereocenters. The van der Waals surface area contributed by atoms with E-state index in [2.05, 4.69) is 12.2 Å². The van der Waals surface area contributed by atoms with E-state index in [9.17, 15) is 4.79 Å². The van der Waals surface area contributed by atoms with E-state index in [4.69, 9.17) is 4.74 Å². The number of amides is 1. The number of para-hydroxylation sites is 1. The van der Waals surface area contributed by atoms with Gasteiger partial charge in [0.2, 0.25) is 0 Å². The van der Waals surface area contributed by atoms with Crippen molar-refractivity contribution < 1.29 is 9.53 Å². The fourth-order valence-electron chi connectivity index (χ4n) is 2.60. The molecule has 1 N–H and O–H groups in total. The summed E-state index contributed by atoms with van der Waals surface area (Å²) in [5.41, 5.74) is 0.703. The van der Waals surface area contributed by atoms with E-state index < -0.39 is 0 Å². The number of ether oxygens (including phenoxy) is 1. The van der Waals surface area contributed by atoms with Crippen LogP contribution in [0.3, 0.4) is 0 Å². The highest BCUT2D eigenvalue weighted by molar-refractivity contribution is 5.94. The standard InChI is InChI=1S/C18H20N2O2/c1-14-13-19-11-12-20(14)18(21)15-7-9-17(10-8-15)22-16-5-3-2-4-6-16/h2-10,14,19H,11-13H2,1H3/t14-/m1/s1. The van der Waals surface area contributed by atoms with E-state index in [0.29, 0.717) is 5.56 Å². The number of nitrogens with zero attached hydrogens (tertiary/aromatic N) is 1. The van der Waals surface area contributed by atoms with Crippen LogP contribution < -0.4 is 10.1 Å². The van der Waals surface area contributed by atoms with Crippen molar-refractivity contribution in [1.29, 1.82) is 0 Å². The van der Waals surface area contributed by atoms with Crippen LogP contribution in [0.2, 0.25) is 0 Å². The van der Waals surface area contributed by atoms with Crippen LogP contribution in [-0.4, -0.2) is 36.5 Å². The van der Waals surface area contributed by atoms with Crippen molar-refractivity contribution in [3.8, 4) is 11.5 Å². The highest BCUT2D eigenvalue weighted by atomic mass is 16.5. The third-order valence-electron chi connectivity index (χ3n) is 3.84. The number of benzene rings is 2. The molecular formula is C18H20N2O2. The first-order valence-corrected chi connectivity index (χ1v) is 7.59. The number of carbonyl (C=O) groups is 1. The van der Waals surface area contributed by atoms with Gasteiger partial charge in [0.25, 0.3) is 5.91 Å². The van der Waals surface area contributed by atoms with Crippen LogP contribution in [-0.2, 0) is 0 Å². The van der Waals surface area contributed by atoms with E-state index in [1.807, 2.05) is 59.5 Å². The molecule has 1 heterocycles. The van der Waals surface area contributed by atoms with Gasteiger partial charge in [-0.1, -0.05) is 18.2 Å². The van der Waals surface area contributed by atoms with Crippen molar-refractivity contribution in [3.05, 3.63) is 60.2 Å². The van der Waals surface area contributed by atoms with Crippen molar-refractivity contribution in [2.45, 2.75) is 13.0 Å². The monoisotopic (exact) mass is 296 g/mol. The first-order chi connectivity index (χ1) is 10.7. The maximum atomic E-state index is 12.5. The average molecular weight is 296 g/mol. The Morgan fingerprint density at radius 3 is 2.45 bits per heavy atom. The predicted molar refractivity (Wildman–Crippen MR) is 86.3 cm³/mol. The summed E-state index contributed by atoms with van der Waals surface area (Å²) in [6.07, 6.45) is 0. The molecule has 2 aromatic rings. The van der Waals surface area contributed by atoms with Gasteiger partial charge in [0.05, 0.1) is 0 Å². The Morgan fingerprint density at radius 2 is 1.77 bits per heavy atom. The van der Waals surface area contributed by atoms with Gasteiger partial charge < -0.3 is 15.0 Å². The van der Waals surface area contributed by atoms with Crippen molar-refractivity contribution in [2.75, 3.05) is 19.6 Å². The Kier molecular flexibility index (Phi) is 4.39. The van der Waals surface area contributed by atoms with Crippen LogP contribution in [0.5, 0.6) is 11.5 Å². The minimum atomic E-state index is 0.0836. The molecule has 0 saturated carbocycles. The summed E-state index contributed by atoms with van der Waals surface area (Å²) in [5.74, 6) is 1.61. The number of hydrogen-bond acceptors (Lipinski definition) is 3. The van der Waals surface area contributed by atoms with Gasteiger partial charge in [0.15, 0.2) is 0 Å². The molecule has 0 bridgehead atoms. The van der Waals surface area contributed by atoms with Crippen LogP contribution in [0, 0.1) is 0 Å². The van der Waals surface area contributed by atoms with Crippen molar-refractivity contribution in [2.24, 2.45) is 0 Å². The van der Waals surface area contributed by atoms with Gasteiger partial charge in [-0.05, 0) is 43.3 Å². The lowest BCUT2D eigenvalue weighted by Crippen LogP contribution is -2.52. The van der Waals surface area contributed by atoms with Crippen LogP contribution in [0.4, 0.5) is 0 Å². The van der Waals surface area contributed by atoms with E-state index in [-0.39, 0.29) is 11.9 Å². The number of carbonyl (C=O) groups excluding carboxylic acids is 1. The summed E-state index contributed by atoms with van der Waals surface area (Å²) < 4.78 is 5.74. The second kappa shape index (κ2) is 6.62. The third kappa shape index (κ3) is 3.28. The van der Waals surface area contributed by atoms with Gasteiger partial charge in [-0.3, -0.25) is 4.79 Å². The highest BCUT2D eigenvalue weighted by Gasteiger charge is 2.23. The zero-order valence-electron chi connectivity index (χ0n) is 12.7. The molecule has 0 aromatic heterocycles. The molecular weight excluding hydrogens is 276 g/mol. The van der Waals surface area contributed by atoms with Crippen molar-refractivity contribution in [3.63, 3.8) is 0 Å². The fourth-order valence-corrected chi connectivity index (χ4v) is 2.60. The fraction of sp³-hybridized carbons (Fsp3) is 0.278. The van der Waals surface area contributed by atoms with Crippen LogP contribution in [0.1, 0.15) is 17.3 Å². The third-order valence-corrected chi connectivity index (χ3v) is 3.84. The lowest BCUT2D eigenvalue weighted by molar-refractivity contribution is 0.0656. The summed E-state index contributed by atoms with van der Waals surface area (Å²) in [6, 6.07) is 17.2. The first kappa shape index (κ1) is 14.6. The summed E-state index contributed by atoms with van der Waals surface area (Å²) in [6.45, 7) is 4.52. The molecule has 1 fully saturated rings. The molecule has 0 radical (unpaired) electrons. The van der Waals surface area contributed by atoms with E-state index in [1.54, 1.807) is 0 Å².